The van der Waals surface area contributed by atoms with Gasteiger partial charge in [-0.1, -0.05) is 36.4 Å². The van der Waals surface area contributed by atoms with E-state index in [-0.39, 0.29) is 22.9 Å². The van der Waals surface area contributed by atoms with Crippen molar-refractivity contribution in [3.8, 4) is 0 Å². The van der Waals surface area contributed by atoms with Gasteiger partial charge >= 0.3 is 5.97 Å². The van der Waals surface area contributed by atoms with Gasteiger partial charge in [0.1, 0.15) is 20.4 Å². The van der Waals surface area contributed by atoms with Crippen LogP contribution in [0.5, 0.6) is 0 Å². The lowest BCUT2D eigenvalue weighted by molar-refractivity contribution is -0.137. The van der Waals surface area contributed by atoms with Crippen LogP contribution in [0.1, 0.15) is 18.4 Å². The van der Waals surface area contributed by atoms with E-state index in [2.05, 4.69) is 10.3 Å². The number of aliphatic hydroxyl groups is 1. The van der Waals surface area contributed by atoms with Crippen LogP contribution in [0.3, 0.4) is 0 Å². The van der Waals surface area contributed by atoms with Crippen molar-refractivity contribution >= 4 is 95.1 Å². The molecule has 4 aromatic rings. The molecule has 21 nitrogen and oxygen atoms in total. The quantitative estimate of drug-likeness (QED) is 0.0844. The van der Waals surface area contributed by atoms with Crippen molar-refractivity contribution in [3.05, 3.63) is 109 Å². The number of nitrogens with one attached hydrogen (secondary N) is 1. The second-order valence-electron chi connectivity index (χ2n) is 12.6. The van der Waals surface area contributed by atoms with Gasteiger partial charge in [0.15, 0.2) is 15.3 Å². The summed E-state index contributed by atoms with van der Waals surface area (Å²) in [7, 11) is -26.7. The fourth-order valence-corrected chi connectivity index (χ4v) is 11.0. The highest BCUT2D eigenvalue weighted by Gasteiger charge is 2.32. The SMILES string of the molecule is O=C(O)CCCS(=O)(=O)c1cc(Nc2cc(S(=O)(=O)O)c3nc(=O)c(=C(O)c4cccc(S(=O)(=O)O)c4)c4c5ccccc5c(=O)c2c3=4)c(S(=O)(=O)O)cc1S(=O)(=O)O. The van der Waals surface area contributed by atoms with Crippen molar-refractivity contribution in [1.29, 1.82) is 0 Å². The third kappa shape index (κ3) is 8.04. The van der Waals surface area contributed by atoms with Crippen LogP contribution in [-0.2, 0) is 55.1 Å². The number of benzene rings is 4. The first-order chi connectivity index (χ1) is 27.1. The van der Waals surface area contributed by atoms with Gasteiger partial charge in [0.2, 0.25) is 0 Å². The summed E-state index contributed by atoms with van der Waals surface area (Å²) in [5, 5.41) is 19.8. The van der Waals surface area contributed by atoms with Crippen LogP contribution in [0.4, 0.5) is 11.4 Å². The Kier molecular flexibility index (Phi) is 10.6. The van der Waals surface area contributed by atoms with E-state index in [0.717, 1.165) is 24.3 Å². The fraction of sp³-hybridized carbons (Fsp3) is 0.0909. The third-order valence-electron chi connectivity index (χ3n) is 8.79. The van der Waals surface area contributed by atoms with Gasteiger partial charge in [0.05, 0.1) is 43.0 Å². The van der Waals surface area contributed by atoms with Gasteiger partial charge in [-0.3, -0.25) is 32.6 Å². The molecule has 0 spiro atoms. The smallest absolute Gasteiger partial charge is 0.303 e. The number of carboxylic acids is 1. The van der Waals surface area contributed by atoms with E-state index >= 15 is 0 Å². The molecule has 0 aromatic heterocycles. The van der Waals surface area contributed by atoms with E-state index in [1.807, 2.05) is 0 Å². The minimum Gasteiger partial charge on any atom is -0.506 e. The summed E-state index contributed by atoms with van der Waals surface area (Å²) < 4.78 is 167. The first kappa shape index (κ1) is 42.9. The first-order valence-electron chi connectivity index (χ1n) is 15.9. The summed E-state index contributed by atoms with van der Waals surface area (Å²) in [6.45, 7) is 0. The van der Waals surface area contributed by atoms with Crippen LogP contribution in [0.25, 0.3) is 27.4 Å². The van der Waals surface area contributed by atoms with E-state index in [0.29, 0.717) is 6.07 Å². The maximum absolute atomic E-state index is 14.4. The van der Waals surface area contributed by atoms with Gasteiger partial charge in [0, 0.05) is 27.8 Å². The molecule has 310 valence electrons. The molecular weight excluding hydrogens is 889 g/mol. The van der Waals surface area contributed by atoms with Crippen molar-refractivity contribution in [2.24, 2.45) is 0 Å². The molecule has 0 saturated heterocycles. The lowest BCUT2D eigenvalue weighted by atomic mass is 9.96. The molecule has 6 rings (SSSR count). The molecule has 1 heterocycles. The van der Waals surface area contributed by atoms with Gasteiger partial charge < -0.3 is 15.5 Å². The Morgan fingerprint density at radius 3 is 1.80 bits per heavy atom. The van der Waals surface area contributed by atoms with Crippen LogP contribution in [0, 0.1) is 10.4 Å². The summed E-state index contributed by atoms with van der Waals surface area (Å²) in [6, 6.07) is 9.72. The number of carbonyl (C=O) groups is 1. The Hall–Kier alpha value is -5.71. The number of hydrogen-bond acceptors (Lipinski definition) is 16. The molecule has 0 bridgehead atoms. The molecule has 0 radical (unpaired) electrons. The molecule has 0 unspecified atom stereocenters. The molecule has 4 aromatic carbocycles. The average Bonchev–Trinajstić information content (AvgIpc) is 3.11. The van der Waals surface area contributed by atoms with Crippen molar-refractivity contribution < 1.29 is 75.3 Å². The first-order valence-corrected chi connectivity index (χ1v) is 23.4. The number of carboxylic acid groups (broad SMARTS) is 1. The molecule has 0 fully saturated rings. The molecular formula is C33H24N2O19S5. The molecule has 1 aliphatic heterocycles. The van der Waals surface area contributed by atoms with E-state index in [4.69, 9.17) is 5.11 Å². The molecule has 59 heavy (non-hydrogen) atoms. The van der Waals surface area contributed by atoms with Crippen LogP contribution in [0.15, 0.2) is 101 Å². The van der Waals surface area contributed by atoms with Gasteiger partial charge in [-0.2, -0.15) is 33.7 Å². The standard InChI is InChI=1S/C33H24N2O19S5/c36-25(37)9-4-10-55(41,42)22-12-19(21(57(46,47)48)14-23(22)58(49,50)51)34-20-13-24(59(52,53)54)30-28-26(17-7-1-2-8-18(17)32(39)27(20)28)29(33(40)35-30)31(38)15-5-3-6-16(11-15)56(43,44)45/h1-3,5-8,11-14,34,38H,4,9-10H2,(H,36,37)(H,43,44,45)(H,46,47,48)(H,49,50,51)(H,52,53,54). The Morgan fingerprint density at radius 1 is 0.627 bits per heavy atom. The normalized spacial score (nSPS) is 13.6. The highest BCUT2D eigenvalue weighted by molar-refractivity contribution is 7.93. The Labute approximate surface area is 330 Å². The minimum absolute atomic E-state index is 0.00692. The Bertz CT molecular complexity index is 3650. The monoisotopic (exact) mass is 912 g/mol. The van der Waals surface area contributed by atoms with Gasteiger partial charge in [-0.05, 0) is 42.1 Å². The molecule has 7 N–H and O–H groups in total. The molecule has 2 aliphatic rings. The second kappa shape index (κ2) is 14.5. The van der Waals surface area contributed by atoms with Crippen molar-refractivity contribution in [2.45, 2.75) is 37.3 Å². The zero-order chi connectivity index (χ0) is 43.8. The summed E-state index contributed by atoms with van der Waals surface area (Å²) >= 11 is 0. The highest BCUT2D eigenvalue weighted by atomic mass is 32.2. The maximum atomic E-state index is 14.4. The van der Waals surface area contributed by atoms with Crippen LogP contribution in [-0.4, -0.2) is 87.2 Å². The summed E-state index contributed by atoms with van der Waals surface area (Å²) in [4.78, 5) is 36.5. The average molecular weight is 913 g/mol. The Morgan fingerprint density at radius 2 is 1.22 bits per heavy atom. The number of aromatic nitrogens is 1. The summed E-state index contributed by atoms with van der Waals surface area (Å²) in [6.07, 6.45) is -1.38. The van der Waals surface area contributed by atoms with Crippen molar-refractivity contribution in [2.75, 3.05) is 11.1 Å². The Balaban J connectivity index is 1.85. The molecule has 26 heteroatoms. The van der Waals surface area contributed by atoms with Crippen LogP contribution in [0.2, 0.25) is 0 Å². The predicted molar refractivity (Wildman–Crippen MR) is 203 cm³/mol. The molecule has 0 amide bonds. The van der Waals surface area contributed by atoms with Crippen LogP contribution >= 0.6 is 0 Å². The van der Waals surface area contributed by atoms with Crippen LogP contribution < -0.4 is 21.5 Å². The number of fused-ring (bicyclic) bond motifs is 2. The second-order valence-corrected chi connectivity index (χ2v) is 20.2. The molecule has 1 aliphatic carbocycles. The lowest BCUT2D eigenvalue weighted by Gasteiger charge is -2.18. The number of rotatable bonds is 12. The third-order valence-corrected chi connectivity index (χ3v) is 14.3. The van der Waals surface area contributed by atoms with Crippen molar-refractivity contribution in [1.82, 2.24) is 4.98 Å². The fourth-order valence-electron chi connectivity index (χ4n) is 6.36. The number of aliphatic carboxylic acids is 1. The molecule has 0 saturated carbocycles. The number of hydrogen-bond donors (Lipinski definition) is 7. The lowest BCUT2D eigenvalue weighted by Crippen LogP contribution is -2.33. The van der Waals surface area contributed by atoms with E-state index < -0.39 is 160 Å². The number of sulfone groups is 1. The van der Waals surface area contributed by atoms with E-state index in [1.165, 1.54) is 24.3 Å². The largest absolute Gasteiger partial charge is 0.506 e. The summed E-state index contributed by atoms with van der Waals surface area (Å²) in [5.41, 5.74) is -5.74. The summed E-state index contributed by atoms with van der Waals surface area (Å²) in [5.74, 6) is -3.58. The topological polar surface area (TPSA) is 368 Å². The van der Waals surface area contributed by atoms with E-state index in [9.17, 15) is 79.8 Å². The highest BCUT2D eigenvalue weighted by Crippen LogP contribution is 2.37. The van der Waals surface area contributed by atoms with Gasteiger partial charge in [0.25, 0.3) is 46.0 Å². The molecule has 0 atom stereocenters. The number of nitrogens with zero attached hydrogens (tertiary/aromatic N) is 1. The van der Waals surface area contributed by atoms with Gasteiger partial charge in [-0.15, -0.1) is 0 Å². The predicted octanol–water partition coefficient (Wildman–Crippen LogP) is 1.07. The zero-order valence-electron chi connectivity index (χ0n) is 29.0. The number of anilines is 2. The maximum Gasteiger partial charge on any atom is 0.303 e. The minimum atomic E-state index is -5.67. The van der Waals surface area contributed by atoms with Crippen molar-refractivity contribution in [3.63, 3.8) is 0 Å². The van der Waals surface area contributed by atoms with Gasteiger partial charge in [-0.25, -0.2) is 13.4 Å². The van der Waals surface area contributed by atoms with E-state index in [1.54, 1.807) is 0 Å². The number of aliphatic hydroxyl groups excluding tert-OH is 1. The zero-order valence-corrected chi connectivity index (χ0v) is 33.0.